The molecule has 2 aliphatic rings. The molecule has 1 atom stereocenters. The van der Waals surface area contributed by atoms with Crippen LogP contribution in [0.25, 0.3) is 10.2 Å². The number of para-hydroxylation sites is 1. The fraction of sp³-hybridized carbons (Fsp3) is 0.381. The molecule has 1 aromatic carbocycles. The average Bonchev–Trinajstić information content (AvgIpc) is 3.43. The Kier molecular flexibility index (Phi) is 4.47. The standard InChI is InChI=1S/C21H21FN4OS/c22-11-14-6-9-25(12-14)17-5-8-23-16-13-26(21(27)20(16)17)10-7-19-24-15-3-1-2-4-18(15)28-19/h1-5,8,14H,6-7,9-13H2. The van der Waals surface area contributed by atoms with Crippen LogP contribution in [0.15, 0.2) is 36.5 Å². The number of fused-ring (bicyclic) bond motifs is 2. The van der Waals surface area contributed by atoms with E-state index in [9.17, 15) is 9.18 Å². The molecule has 5 nitrogen and oxygen atoms in total. The molecule has 4 heterocycles. The van der Waals surface area contributed by atoms with Crippen molar-refractivity contribution in [1.82, 2.24) is 14.9 Å². The van der Waals surface area contributed by atoms with Crippen LogP contribution in [0.3, 0.4) is 0 Å². The molecule has 2 aromatic heterocycles. The number of hydrogen-bond acceptors (Lipinski definition) is 5. The normalized spacial score (nSPS) is 19.0. The molecular formula is C21H21FN4OS. The van der Waals surface area contributed by atoms with E-state index in [1.165, 1.54) is 4.70 Å². The second kappa shape index (κ2) is 7.13. The van der Waals surface area contributed by atoms with Gasteiger partial charge in [0, 0.05) is 38.2 Å². The first-order chi connectivity index (χ1) is 13.7. The molecule has 144 valence electrons. The molecule has 1 unspecified atom stereocenters. The maximum atomic E-state index is 13.1. The summed E-state index contributed by atoms with van der Waals surface area (Å²) >= 11 is 1.68. The van der Waals surface area contributed by atoms with Crippen molar-refractivity contribution in [3.63, 3.8) is 0 Å². The minimum atomic E-state index is -0.300. The fourth-order valence-corrected chi connectivity index (χ4v) is 5.09. The number of halogens is 1. The first-order valence-electron chi connectivity index (χ1n) is 9.65. The van der Waals surface area contributed by atoms with E-state index >= 15 is 0 Å². The molecule has 0 N–H and O–H groups in total. The zero-order valence-electron chi connectivity index (χ0n) is 15.5. The monoisotopic (exact) mass is 396 g/mol. The Morgan fingerprint density at radius 2 is 2.14 bits per heavy atom. The second-order valence-electron chi connectivity index (χ2n) is 7.46. The highest BCUT2D eigenvalue weighted by Gasteiger charge is 2.34. The van der Waals surface area contributed by atoms with Gasteiger partial charge in [-0.2, -0.15) is 0 Å². The summed E-state index contributed by atoms with van der Waals surface area (Å²) in [7, 11) is 0. The van der Waals surface area contributed by atoms with Gasteiger partial charge in [0.1, 0.15) is 0 Å². The quantitative estimate of drug-likeness (QED) is 0.660. The molecule has 1 saturated heterocycles. The van der Waals surface area contributed by atoms with Crippen molar-refractivity contribution in [2.24, 2.45) is 5.92 Å². The smallest absolute Gasteiger partial charge is 0.258 e. The summed E-state index contributed by atoms with van der Waals surface area (Å²) in [5.74, 6) is 0.0957. The van der Waals surface area contributed by atoms with Crippen LogP contribution in [0.2, 0.25) is 0 Å². The lowest BCUT2D eigenvalue weighted by atomic mass is 10.1. The van der Waals surface area contributed by atoms with E-state index < -0.39 is 0 Å². The summed E-state index contributed by atoms with van der Waals surface area (Å²) in [6.07, 6.45) is 3.34. The van der Waals surface area contributed by atoms with Crippen molar-refractivity contribution in [2.45, 2.75) is 19.4 Å². The summed E-state index contributed by atoms with van der Waals surface area (Å²) in [6, 6.07) is 10.00. The number of rotatable bonds is 5. The van der Waals surface area contributed by atoms with E-state index in [1.54, 1.807) is 17.5 Å². The summed E-state index contributed by atoms with van der Waals surface area (Å²) in [4.78, 5) is 26.2. The predicted octanol–water partition coefficient (Wildman–Crippen LogP) is 3.69. The number of nitrogens with zero attached hydrogens (tertiary/aromatic N) is 4. The number of alkyl halides is 1. The Morgan fingerprint density at radius 1 is 1.25 bits per heavy atom. The highest BCUT2D eigenvalue weighted by Crippen LogP contribution is 2.33. The molecule has 1 fully saturated rings. The SMILES string of the molecule is O=C1c2c(N3CCC(CF)C3)ccnc2CN1CCc1nc2ccccc2s1. The van der Waals surface area contributed by atoms with Gasteiger partial charge >= 0.3 is 0 Å². The number of anilines is 1. The number of aromatic nitrogens is 2. The molecule has 7 heteroatoms. The highest BCUT2D eigenvalue weighted by molar-refractivity contribution is 7.18. The van der Waals surface area contributed by atoms with Crippen LogP contribution < -0.4 is 4.90 Å². The van der Waals surface area contributed by atoms with Crippen LogP contribution in [-0.2, 0) is 13.0 Å². The number of benzene rings is 1. The first-order valence-corrected chi connectivity index (χ1v) is 10.5. The average molecular weight is 396 g/mol. The molecule has 0 bridgehead atoms. The zero-order valence-corrected chi connectivity index (χ0v) is 16.3. The predicted molar refractivity (Wildman–Crippen MR) is 109 cm³/mol. The summed E-state index contributed by atoms with van der Waals surface area (Å²) < 4.78 is 14.2. The highest BCUT2D eigenvalue weighted by atomic mass is 32.1. The summed E-state index contributed by atoms with van der Waals surface area (Å²) in [6.45, 7) is 2.33. The lowest BCUT2D eigenvalue weighted by molar-refractivity contribution is 0.0780. The minimum Gasteiger partial charge on any atom is -0.370 e. The Balaban J connectivity index is 1.32. The zero-order chi connectivity index (χ0) is 19.1. The Hall–Kier alpha value is -2.54. The van der Waals surface area contributed by atoms with Gasteiger partial charge < -0.3 is 9.80 Å². The molecule has 0 aliphatic carbocycles. The van der Waals surface area contributed by atoms with Crippen LogP contribution >= 0.6 is 11.3 Å². The number of carbonyl (C=O) groups excluding carboxylic acids is 1. The van der Waals surface area contributed by atoms with E-state index in [0.29, 0.717) is 25.2 Å². The van der Waals surface area contributed by atoms with Gasteiger partial charge in [-0.05, 0) is 24.6 Å². The summed E-state index contributed by atoms with van der Waals surface area (Å²) in [5, 5.41) is 1.04. The molecule has 0 radical (unpaired) electrons. The van der Waals surface area contributed by atoms with E-state index in [0.717, 1.165) is 41.3 Å². The van der Waals surface area contributed by atoms with Gasteiger partial charge in [-0.25, -0.2) is 4.98 Å². The first kappa shape index (κ1) is 17.6. The van der Waals surface area contributed by atoms with E-state index in [2.05, 4.69) is 20.9 Å². The number of amides is 1. The fourth-order valence-electron chi connectivity index (χ4n) is 4.14. The van der Waals surface area contributed by atoms with Gasteiger partial charge in [0.15, 0.2) is 0 Å². The molecule has 0 spiro atoms. The number of carbonyl (C=O) groups is 1. The van der Waals surface area contributed by atoms with Crippen molar-refractivity contribution in [1.29, 1.82) is 0 Å². The van der Waals surface area contributed by atoms with Gasteiger partial charge in [-0.3, -0.25) is 14.2 Å². The van der Waals surface area contributed by atoms with E-state index in [4.69, 9.17) is 0 Å². The lowest BCUT2D eigenvalue weighted by Gasteiger charge is -2.21. The van der Waals surface area contributed by atoms with Gasteiger partial charge in [0.05, 0.1) is 45.4 Å². The third kappa shape index (κ3) is 3.03. The Morgan fingerprint density at radius 3 is 2.96 bits per heavy atom. The van der Waals surface area contributed by atoms with Gasteiger partial charge in [-0.15, -0.1) is 11.3 Å². The van der Waals surface area contributed by atoms with Crippen molar-refractivity contribution in [3.8, 4) is 0 Å². The molecule has 5 rings (SSSR count). The topological polar surface area (TPSA) is 49.3 Å². The molecule has 1 amide bonds. The van der Waals surface area contributed by atoms with E-state index in [1.807, 2.05) is 29.2 Å². The maximum absolute atomic E-state index is 13.1. The number of hydrogen-bond donors (Lipinski definition) is 0. The van der Waals surface area contributed by atoms with Crippen molar-refractivity contribution < 1.29 is 9.18 Å². The molecule has 28 heavy (non-hydrogen) atoms. The van der Waals surface area contributed by atoms with Crippen LogP contribution in [0, 0.1) is 5.92 Å². The summed E-state index contributed by atoms with van der Waals surface area (Å²) in [5.41, 5.74) is 3.45. The van der Waals surface area contributed by atoms with Crippen LogP contribution in [0.5, 0.6) is 0 Å². The molecular weight excluding hydrogens is 375 g/mol. The maximum Gasteiger partial charge on any atom is 0.258 e. The molecule has 2 aliphatic heterocycles. The van der Waals surface area contributed by atoms with Crippen molar-refractivity contribution in [3.05, 3.63) is 52.8 Å². The van der Waals surface area contributed by atoms with E-state index in [-0.39, 0.29) is 18.5 Å². The third-order valence-corrected chi connectivity index (χ3v) is 6.72. The Bertz CT molecular complexity index is 1000. The van der Waals surface area contributed by atoms with Gasteiger partial charge in [0.25, 0.3) is 5.91 Å². The van der Waals surface area contributed by atoms with Crippen LogP contribution in [0.1, 0.15) is 27.5 Å². The lowest BCUT2D eigenvalue weighted by Crippen LogP contribution is -2.28. The largest absolute Gasteiger partial charge is 0.370 e. The minimum absolute atomic E-state index is 0.0305. The Labute approximate surface area is 166 Å². The van der Waals surface area contributed by atoms with Crippen molar-refractivity contribution in [2.75, 3.05) is 31.2 Å². The van der Waals surface area contributed by atoms with Crippen molar-refractivity contribution >= 4 is 33.1 Å². The number of thiazole rings is 1. The van der Waals surface area contributed by atoms with Crippen LogP contribution in [-0.4, -0.2) is 47.1 Å². The van der Waals surface area contributed by atoms with Crippen LogP contribution in [0.4, 0.5) is 10.1 Å². The van der Waals surface area contributed by atoms with Gasteiger partial charge in [-0.1, -0.05) is 12.1 Å². The second-order valence-corrected chi connectivity index (χ2v) is 8.57. The molecule has 3 aromatic rings. The van der Waals surface area contributed by atoms with Gasteiger partial charge in [0.2, 0.25) is 0 Å². The molecule has 0 saturated carbocycles. The number of pyridine rings is 1. The third-order valence-electron chi connectivity index (χ3n) is 5.63.